The zero-order chi connectivity index (χ0) is 22.3. The van der Waals surface area contributed by atoms with E-state index in [-0.39, 0.29) is 11.6 Å². The number of carbonyl (C=O) groups is 2. The predicted octanol–water partition coefficient (Wildman–Crippen LogP) is 0.379. The van der Waals surface area contributed by atoms with E-state index in [1.54, 1.807) is 12.1 Å². The molecular formula is C20H25F2N3O5. The molecule has 1 unspecified atom stereocenters. The third kappa shape index (κ3) is 5.96. The summed E-state index contributed by atoms with van der Waals surface area (Å²) in [5.41, 5.74) is -0.995. The average molecular weight is 425 g/mol. The highest BCUT2D eigenvalue weighted by atomic mass is 19.3. The van der Waals surface area contributed by atoms with Crippen LogP contribution in [0.5, 0.6) is 0 Å². The average Bonchev–Trinajstić information content (AvgIpc) is 2.75. The molecule has 1 aliphatic heterocycles. The lowest BCUT2D eigenvalue weighted by Crippen LogP contribution is -2.61. The number of hydroxylamine groups is 1. The van der Waals surface area contributed by atoms with Gasteiger partial charge in [0.15, 0.2) is 5.60 Å². The van der Waals surface area contributed by atoms with Gasteiger partial charge in [0.25, 0.3) is 18.2 Å². The van der Waals surface area contributed by atoms with Crippen LogP contribution in [0.3, 0.4) is 0 Å². The van der Waals surface area contributed by atoms with Gasteiger partial charge >= 0.3 is 0 Å². The van der Waals surface area contributed by atoms with Crippen molar-refractivity contribution in [2.75, 3.05) is 26.3 Å². The number of aliphatic hydroxyl groups is 1. The molecule has 1 aromatic carbocycles. The number of carbonyl (C=O) groups excluding carboxylic acids is 2. The van der Waals surface area contributed by atoms with Crippen molar-refractivity contribution in [1.29, 1.82) is 0 Å². The van der Waals surface area contributed by atoms with Crippen LogP contribution in [0.25, 0.3) is 0 Å². The molecule has 0 aromatic heterocycles. The fraction of sp³-hybridized carbons (Fsp3) is 0.500. The van der Waals surface area contributed by atoms with E-state index in [4.69, 9.17) is 9.94 Å². The van der Waals surface area contributed by atoms with Crippen molar-refractivity contribution >= 4 is 11.8 Å². The van der Waals surface area contributed by atoms with Crippen LogP contribution in [0.4, 0.5) is 8.78 Å². The van der Waals surface area contributed by atoms with E-state index >= 15 is 0 Å². The van der Waals surface area contributed by atoms with Gasteiger partial charge in [-0.3, -0.25) is 19.7 Å². The maximum atomic E-state index is 13.1. The van der Waals surface area contributed by atoms with Crippen LogP contribution in [0.2, 0.25) is 0 Å². The van der Waals surface area contributed by atoms with E-state index in [9.17, 15) is 23.5 Å². The van der Waals surface area contributed by atoms with E-state index < -0.39 is 29.9 Å². The number of rotatable bonds is 6. The first kappa shape index (κ1) is 23.7. The van der Waals surface area contributed by atoms with Gasteiger partial charge in [0.05, 0.1) is 19.3 Å². The SMILES string of the molecule is CC(C#Cc1ccc(C(=O)N[C@H](C(=O)NO)[C@](C)(O)C(F)F)cc1)N1CCOCC1. The molecule has 0 bridgehead atoms. The molecule has 2 amide bonds. The second-order valence-corrected chi connectivity index (χ2v) is 7.08. The summed E-state index contributed by atoms with van der Waals surface area (Å²) in [7, 11) is 0. The van der Waals surface area contributed by atoms with Gasteiger partial charge in [-0.05, 0) is 38.1 Å². The van der Waals surface area contributed by atoms with Gasteiger partial charge in [0, 0.05) is 24.2 Å². The molecule has 3 atom stereocenters. The number of nitrogens with zero attached hydrogens (tertiary/aromatic N) is 1. The summed E-state index contributed by atoms with van der Waals surface area (Å²) in [6.07, 6.45) is -3.34. The van der Waals surface area contributed by atoms with Crippen molar-refractivity contribution in [3.05, 3.63) is 35.4 Å². The fourth-order valence-corrected chi connectivity index (χ4v) is 2.83. The zero-order valence-corrected chi connectivity index (χ0v) is 16.7. The monoisotopic (exact) mass is 425 g/mol. The van der Waals surface area contributed by atoms with Crippen molar-refractivity contribution in [2.45, 2.75) is 38.0 Å². The summed E-state index contributed by atoms with van der Waals surface area (Å²) in [5.74, 6) is 3.90. The van der Waals surface area contributed by atoms with Crippen molar-refractivity contribution in [1.82, 2.24) is 15.7 Å². The predicted molar refractivity (Wildman–Crippen MR) is 103 cm³/mol. The van der Waals surface area contributed by atoms with Crippen molar-refractivity contribution in [3.8, 4) is 11.8 Å². The number of halogens is 2. The van der Waals surface area contributed by atoms with Crippen LogP contribution in [0.1, 0.15) is 29.8 Å². The summed E-state index contributed by atoms with van der Waals surface area (Å²) in [5, 5.41) is 20.6. The highest BCUT2D eigenvalue weighted by Gasteiger charge is 2.46. The largest absolute Gasteiger partial charge is 0.381 e. The second-order valence-electron chi connectivity index (χ2n) is 7.08. The second kappa shape index (κ2) is 10.4. The summed E-state index contributed by atoms with van der Waals surface area (Å²) < 4.78 is 31.4. The number of hydrogen-bond donors (Lipinski definition) is 4. The molecule has 30 heavy (non-hydrogen) atoms. The van der Waals surface area contributed by atoms with Gasteiger partial charge in [-0.1, -0.05) is 11.8 Å². The molecule has 164 valence electrons. The van der Waals surface area contributed by atoms with Crippen LogP contribution in [-0.4, -0.2) is 77.4 Å². The molecule has 4 N–H and O–H groups in total. The lowest BCUT2D eigenvalue weighted by molar-refractivity contribution is -0.149. The standard InChI is InChI=1S/C20H25F2N3O5/c1-13(25-9-11-30-12-10-25)3-4-14-5-7-15(8-6-14)17(26)23-16(18(27)24-29)20(2,28)19(21)22/h5-8,13,16,19,28-29H,9-12H2,1-2H3,(H,23,26)(H,24,27)/t13?,16-,20+/m1/s1. The third-order valence-electron chi connectivity index (χ3n) is 4.84. The highest BCUT2D eigenvalue weighted by Crippen LogP contribution is 2.20. The number of morpholine rings is 1. The minimum Gasteiger partial charge on any atom is -0.381 e. The molecule has 0 aliphatic carbocycles. The minimum absolute atomic E-state index is 0.0335. The summed E-state index contributed by atoms with van der Waals surface area (Å²) in [6, 6.07) is 3.98. The molecule has 0 saturated carbocycles. The van der Waals surface area contributed by atoms with Gasteiger partial charge < -0.3 is 15.2 Å². The first-order valence-corrected chi connectivity index (χ1v) is 9.35. The van der Waals surface area contributed by atoms with Crippen LogP contribution in [0, 0.1) is 11.8 Å². The van der Waals surface area contributed by atoms with E-state index in [1.165, 1.54) is 17.6 Å². The zero-order valence-electron chi connectivity index (χ0n) is 16.7. The Morgan fingerprint density at radius 3 is 2.37 bits per heavy atom. The molecule has 1 fully saturated rings. The van der Waals surface area contributed by atoms with E-state index in [0.29, 0.717) is 25.7 Å². The Kier molecular flexibility index (Phi) is 8.25. The van der Waals surface area contributed by atoms with E-state index in [1.807, 2.05) is 12.2 Å². The van der Waals surface area contributed by atoms with Crippen LogP contribution < -0.4 is 10.8 Å². The fourth-order valence-electron chi connectivity index (χ4n) is 2.83. The van der Waals surface area contributed by atoms with E-state index in [0.717, 1.165) is 13.1 Å². The van der Waals surface area contributed by atoms with Gasteiger partial charge in [-0.15, -0.1) is 0 Å². The van der Waals surface area contributed by atoms with Gasteiger partial charge in [-0.25, -0.2) is 14.3 Å². The lowest BCUT2D eigenvalue weighted by atomic mass is 9.95. The van der Waals surface area contributed by atoms with Crippen LogP contribution >= 0.6 is 0 Å². The number of amides is 2. The molecule has 0 spiro atoms. The Morgan fingerprint density at radius 2 is 1.83 bits per heavy atom. The number of benzene rings is 1. The molecule has 1 aromatic rings. The number of ether oxygens (including phenoxy) is 1. The highest BCUT2D eigenvalue weighted by molar-refractivity contribution is 5.97. The first-order valence-electron chi connectivity index (χ1n) is 9.35. The van der Waals surface area contributed by atoms with Gasteiger partial charge in [-0.2, -0.15) is 0 Å². The number of hydrogen-bond acceptors (Lipinski definition) is 6. The molecule has 0 radical (unpaired) electrons. The quantitative estimate of drug-likeness (QED) is 0.298. The van der Waals surface area contributed by atoms with Crippen LogP contribution in [-0.2, 0) is 9.53 Å². The smallest absolute Gasteiger partial charge is 0.269 e. The van der Waals surface area contributed by atoms with Crippen molar-refractivity contribution in [3.63, 3.8) is 0 Å². The molecule has 10 heteroatoms. The van der Waals surface area contributed by atoms with Crippen molar-refractivity contribution in [2.24, 2.45) is 0 Å². The molecule has 1 aliphatic rings. The Balaban J connectivity index is 2.07. The minimum atomic E-state index is -3.34. The van der Waals surface area contributed by atoms with Gasteiger partial charge in [0.1, 0.15) is 6.04 Å². The molecular weight excluding hydrogens is 400 g/mol. The Bertz CT molecular complexity index is 799. The summed E-state index contributed by atoms with van der Waals surface area (Å²) >= 11 is 0. The third-order valence-corrected chi connectivity index (χ3v) is 4.84. The molecule has 8 nitrogen and oxygen atoms in total. The molecule has 1 saturated heterocycles. The van der Waals surface area contributed by atoms with Crippen LogP contribution in [0.15, 0.2) is 24.3 Å². The Labute approximate surface area is 173 Å². The van der Waals surface area contributed by atoms with Gasteiger partial charge in [0.2, 0.25) is 0 Å². The van der Waals surface area contributed by atoms with Crippen molar-refractivity contribution < 1.29 is 33.4 Å². The summed E-state index contributed by atoms with van der Waals surface area (Å²) in [4.78, 5) is 26.2. The maximum absolute atomic E-state index is 13.1. The first-order chi connectivity index (χ1) is 14.2. The summed E-state index contributed by atoms with van der Waals surface area (Å²) in [6.45, 7) is 5.63. The number of nitrogens with one attached hydrogen (secondary N) is 2. The Morgan fingerprint density at radius 1 is 1.23 bits per heavy atom. The molecule has 1 heterocycles. The lowest BCUT2D eigenvalue weighted by Gasteiger charge is -2.30. The Hall–Kier alpha value is -2.58. The topological polar surface area (TPSA) is 111 Å². The maximum Gasteiger partial charge on any atom is 0.269 e. The normalized spacial score (nSPS) is 18.5. The number of alkyl halides is 2. The van der Waals surface area contributed by atoms with E-state index in [2.05, 4.69) is 16.7 Å². The molecule has 2 rings (SSSR count).